The Labute approximate surface area is 216 Å². The van der Waals surface area contributed by atoms with Gasteiger partial charge in [0, 0.05) is 53.9 Å². The molecule has 0 saturated heterocycles. The van der Waals surface area contributed by atoms with Gasteiger partial charge in [-0.3, -0.25) is 4.90 Å². The highest BCUT2D eigenvalue weighted by Crippen LogP contribution is 2.33. The summed E-state index contributed by atoms with van der Waals surface area (Å²) in [7, 11) is 3.72. The fraction of sp³-hybridized carbons (Fsp3) is 0.345. The molecule has 0 amide bonds. The van der Waals surface area contributed by atoms with Gasteiger partial charge in [0.2, 0.25) is 0 Å². The molecule has 0 bridgehead atoms. The van der Waals surface area contributed by atoms with Gasteiger partial charge in [-0.1, -0.05) is 29.8 Å². The average Bonchev–Trinajstić information content (AvgIpc) is 3.30. The predicted molar refractivity (Wildman–Crippen MR) is 144 cm³/mol. The van der Waals surface area contributed by atoms with Crippen molar-refractivity contribution in [3.05, 3.63) is 82.9 Å². The van der Waals surface area contributed by atoms with E-state index in [0.717, 1.165) is 59.4 Å². The van der Waals surface area contributed by atoms with Gasteiger partial charge in [-0.2, -0.15) is 0 Å². The number of anilines is 1. The maximum Gasteiger partial charge on any atom is 0.139 e. The Morgan fingerprint density at radius 1 is 1.14 bits per heavy atom. The molecule has 188 valence electrons. The molecule has 1 N–H and O–H groups in total. The molecule has 2 aromatic carbocycles. The summed E-state index contributed by atoms with van der Waals surface area (Å²) in [6.45, 7) is 2.68. The Kier molecular flexibility index (Phi) is 7.17. The fourth-order valence-electron chi connectivity index (χ4n) is 5.21. The number of hydrogen-bond acceptors (Lipinski definition) is 4. The number of benzene rings is 2. The minimum atomic E-state index is -0.123. The minimum absolute atomic E-state index is 0.123. The molecule has 4 aromatic rings. The first-order chi connectivity index (χ1) is 17.4. The lowest BCUT2D eigenvalue weighted by molar-refractivity contribution is 0.177. The van der Waals surface area contributed by atoms with Crippen molar-refractivity contribution in [3.63, 3.8) is 0 Å². The largest absolute Gasteiger partial charge is 0.495 e. The summed E-state index contributed by atoms with van der Waals surface area (Å²) in [4.78, 5) is 7.15. The molecule has 2 aromatic heterocycles. The highest BCUT2D eigenvalue weighted by Gasteiger charge is 2.24. The van der Waals surface area contributed by atoms with E-state index in [1.807, 2.05) is 48.0 Å². The summed E-state index contributed by atoms with van der Waals surface area (Å²) in [5, 5.41) is 4.28. The second-order valence-corrected chi connectivity index (χ2v) is 10.2. The number of aryl methyl sites for hydroxylation is 1. The molecule has 36 heavy (non-hydrogen) atoms. The van der Waals surface area contributed by atoms with Crippen LogP contribution in [0.2, 0.25) is 5.02 Å². The van der Waals surface area contributed by atoms with Gasteiger partial charge in [0.1, 0.15) is 17.2 Å². The van der Waals surface area contributed by atoms with Crippen molar-refractivity contribution >= 4 is 22.9 Å². The lowest BCUT2D eigenvalue weighted by atomic mass is 9.90. The molecule has 7 heteroatoms. The van der Waals surface area contributed by atoms with E-state index in [9.17, 15) is 4.39 Å². The Morgan fingerprint density at radius 3 is 2.67 bits per heavy atom. The summed E-state index contributed by atoms with van der Waals surface area (Å²) < 4.78 is 21.4. The number of pyridine rings is 1. The van der Waals surface area contributed by atoms with Crippen LogP contribution in [0.3, 0.4) is 0 Å². The van der Waals surface area contributed by atoms with Crippen LogP contribution in [0.5, 0.6) is 5.75 Å². The van der Waals surface area contributed by atoms with Gasteiger partial charge in [-0.25, -0.2) is 9.37 Å². The Bertz CT molecular complexity index is 1360. The summed E-state index contributed by atoms with van der Waals surface area (Å²) in [6, 6.07) is 16.0. The molecule has 1 aliphatic rings. The van der Waals surface area contributed by atoms with E-state index in [-0.39, 0.29) is 5.82 Å². The number of nitrogens with zero attached hydrogens (tertiary/aromatic N) is 3. The van der Waals surface area contributed by atoms with Gasteiger partial charge < -0.3 is 14.5 Å². The molecule has 0 radical (unpaired) electrons. The molecule has 1 aliphatic carbocycles. The van der Waals surface area contributed by atoms with Crippen LogP contribution in [0.4, 0.5) is 10.1 Å². The number of fused-ring (bicyclic) bond motifs is 1. The first-order valence-electron chi connectivity index (χ1n) is 12.4. The smallest absolute Gasteiger partial charge is 0.139 e. The number of nitrogens with one attached hydrogen (secondary N) is 1. The summed E-state index contributed by atoms with van der Waals surface area (Å²) >= 11 is 6.37. The third-order valence-corrected chi connectivity index (χ3v) is 7.60. The van der Waals surface area contributed by atoms with Crippen molar-refractivity contribution < 1.29 is 9.13 Å². The predicted octanol–water partition coefficient (Wildman–Crippen LogP) is 6.97. The maximum absolute atomic E-state index is 14.0. The van der Waals surface area contributed by atoms with Crippen LogP contribution in [-0.2, 0) is 6.54 Å². The highest BCUT2D eigenvalue weighted by molar-refractivity contribution is 6.32. The zero-order valence-electron chi connectivity index (χ0n) is 21.0. The van der Waals surface area contributed by atoms with Gasteiger partial charge in [-0.05, 0) is 69.5 Å². The van der Waals surface area contributed by atoms with E-state index >= 15 is 0 Å². The van der Waals surface area contributed by atoms with Crippen LogP contribution >= 0.6 is 11.6 Å². The SMILES string of the molecule is COc1cc(C)c(-c2cn3ccc(NC4CCC(N(C)Cc5ccccc5F)CC4)cc3n2)cc1Cl. The van der Waals surface area contributed by atoms with Gasteiger partial charge in [0.15, 0.2) is 0 Å². The molecule has 5 rings (SSSR count). The van der Waals surface area contributed by atoms with E-state index in [0.29, 0.717) is 29.4 Å². The van der Waals surface area contributed by atoms with Crippen LogP contribution in [-0.4, -0.2) is 40.5 Å². The van der Waals surface area contributed by atoms with E-state index in [1.54, 1.807) is 13.2 Å². The molecule has 0 atom stereocenters. The zero-order valence-corrected chi connectivity index (χ0v) is 21.7. The van der Waals surface area contributed by atoms with E-state index in [2.05, 4.69) is 29.4 Å². The van der Waals surface area contributed by atoms with Crippen LogP contribution in [0, 0.1) is 12.7 Å². The quantitative estimate of drug-likeness (QED) is 0.294. The molecule has 2 heterocycles. The zero-order chi connectivity index (χ0) is 25.2. The number of aromatic nitrogens is 2. The number of methoxy groups -OCH3 is 1. The normalized spacial score (nSPS) is 18.1. The number of halogens is 2. The van der Waals surface area contributed by atoms with Crippen molar-refractivity contribution in [3.8, 4) is 17.0 Å². The van der Waals surface area contributed by atoms with E-state index in [1.165, 1.54) is 6.07 Å². The van der Waals surface area contributed by atoms with Crippen molar-refractivity contribution in [2.24, 2.45) is 0 Å². The Hall–Kier alpha value is -3.09. The monoisotopic (exact) mass is 506 g/mol. The maximum atomic E-state index is 14.0. The van der Waals surface area contributed by atoms with Crippen molar-refractivity contribution in [1.82, 2.24) is 14.3 Å². The van der Waals surface area contributed by atoms with Crippen LogP contribution < -0.4 is 10.1 Å². The summed E-state index contributed by atoms with van der Waals surface area (Å²) in [5.41, 5.74) is 5.67. The topological polar surface area (TPSA) is 41.8 Å². The van der Waals surface area contributed by atoms with Gasteiger partial charge in [0.25, 0.3) is 0 Å². The lowest BCUT2D eigenvalue weighted by Gasteiger charge is -2.35. The van der Waals surface area contributed by atoms with Gasteiger partial charge >= 0.3 is 0 Å². The molecular formula is C29H32ClFN4O. The third kappa shape index (κ3) is 5.20. The molecule has 0 unspecified atom stereocenters. The second kappa shape index (κ2) is 10.5. The number of imidazole rings is 1. The first kappa shape index (κ1) is 24.6. The summed E-state index contributed by atoms with van der Waals surface area (Å²) in [6.07, 6.45) is 8.43. The van der Waals surface area contributed by atoms with Gasteiger partial charge in [0.05, 0.1) is 17.8 Å². The molecule has 0 aliphatic heterocycles. The van der Waals surface area contributed by atoms with Gasteiger partial charge in [-0.15, -0.1) is 0 Å². The van der Waals surface area contributed by atoms with E-state index < -0.39 is 0 Å². The Morgan fingerprint density at radius 2 is 1.92 bits per heavy atom. The van der Waals surface area contributed by atoms with Crippen LogP contribution in [0.25, 0.3) is 16.9 Å². The van der Waals surface area contributed by atoms with Crippen LogP contribution in [0.15, 0.2) is 60.9 Å². The van der Waals surface area contributed by atoms with Crippen molar-refractivity contribution in [2.75, 3.05) is 19.5 Å². The lowest BCUT2D eigenvalue weighted by Crippen LogP contribution is -2.38. The average molecular weight is 507 g/mol. The Balaban J connectivity index is 1.22. The number of hydrogen-bond donors (Lipinski definition) is 1. The van der Waals surface area contributed by atoms with Crippen molar-refractivity contribution in [2.45, 2.75) is 51.2 Å². The highest BCUT2D eigenvalue weighted by atomic mass is 35.5. The molecule has 5 nitrogen and oxygen atoms in total. The molecule has 1 saturated carbocycles. The number of ether oxygens (including phenoxy) is 1. The third-order valence-electron chi connectivity index (χ3n) is 7.30. The molecular weight excluding hydrogens is 475 g/mol. The standard InChI is InChI=1S/C29H32ClFN4O/c1-19-14-28(36-3)25(30)16-24(19)27-18-35-13-12-22(15-29(35)33-27)32-21-8-10-23(11-9-21)34(2)17-20-6-4-5-7-26(20)31/h4-7,12-16,18,21,23,32H,8-11,17H2,1-3H3. The summed E-state index contributed by atoms with van der Waals surface area (Å²) in [5.74, 6) is 0.545. The minimum Gasteiger partial charge on any atom is -0.495 e. The van der Waals surface area contributed by atoms with E-state index in [4.69, 9.17) is 21.3 Å². The fourth-order valence-corrected chi connectivity index (χ4v) is 5.45. The second-order valence-electron chi connectivity index (χ2n) is 9.77. The molecule has 1 fully saturated rings. The van der Waals surface area contributed by atoms with Crippen molar-refractivity contribution in [1.29, 1.82) is 0 Å². The first-order valence-corrected chi connectivity index (χ1v) is 12.8. The number of rotatable bonds is 7. The van der Waals surface area contributed by atoms with Crippen LogP contribution in [0.1, 0.15) is 36.8 Å². The molecule has 0 spiro atoms.